The second-order valence-electron chi connectivity index (χ2n) is 8.67. The molecule has 2 amide bonds. The first-order valence-electron chi connectivity index (χ1n) is 10.5. The van der Waals surface area contributed by atoms with Crippen molar-refractivity contribution in [2.45, 2.75) is 45.1 Å². The average molecular weight is 445 g/mol. The van der Waals surface area contributed by atoms with Crippen LogP contribution in [0.2, 0.25) is 5.02 Å². The number of rotatable bonds is 5. The molecule has 0 bridgehead atoms. The van der Waals surface area contributed by atoms with Gasteiger partial charge in [0.1, 0.15) is 5.60 Å². The van der Waals surface area contributed by atoms with Gasteiger partial charge in [0.15, 0.2) is 0 Å². The zero-order valence-corrected chi connectivity index (χ0v) is 18.9. The van der Waals surface area contributed by atoms with Crippen molar-refractivity contribution in [3.63, 3.8) is 0 Å². The van der Waals surface area contributed by atoms with Crippen LogP contribution in [-0.2, 0) is 15.9 Å². The fraction of sp³-hybridized carbons (Fsp3) is 0.417. The van der Waals surface area contributed by atoms with Crippen molar-refractivity contribution in [2.24, 2.45) is 0 Å². The van der Waals surface area contributed by atoms with E-state index in [9.17, 15) is 9.59 Å². The Morgan fingerprint density at radius 1 is 1.10 bits per heavy atom. The fourth-order valence-electron chi connectivity index (χ4n) is 3.43. The van der Waals surface area contributed by atoms with Crippen molar-refractivity contribution in [2.75, 3.05) is 25.0 Å². The van der Waals surface area contributed by atoms with Crippen molar-refractivity contribution in [1.82, 2.24) is 4.90 Å². The molecule has 2 aromatic rings. The quantitative estimate of drug-likeness (QED) is 0.627. The number of carbonyl (C=O) groups is 2. The number of anilines is 1. The number of hydrogen-bond acceptors (Lipinski definition) is 4. The first kappa shape index (κ1) is 22.9. The molecule has 31 heavy (non-hydrogen) atoms. The van der Waals surface area contributed by atoms with Gasteiger partial charge in [0.25, 0.3) is 0 Å². The molecule has 1 atom stereocenters. The van der Waals surface area contributed by atoms with Crippen molar-refractivity contribution in [3.8, 4) is 0 Å². The van der Waals surface area contributed by atoms with E-state index >= 15 is 0 Å². The lowest BCUT2D eigenvalue weighted by atomic mass is 9.98. The second-order valence-corrected chi connectivity index (χ2v) is 9.11. The Morgan fingerprint density at radius 3 is 2.42 bits per heavy atom. The summed E-state index contributed by atoms with van der Waals surface area (Å²) in [5.41, 5.74) is 2.36. The first-order chi connectivity index (χ1) is 14.7. The molecule has 3 rings (SSSR count). The van der Waals surface area contributed by atoms with E-state index in [1.807, 2.05) is 69.3 Å². The largest absolute Gasteiger partial charge is 0.449 e. The van der Waals surface area contributed by atoms with Crippen LogP contribution in [0.5, 0.6) is 0 Å². The molecule has 1 heterocycles. The average Bonchev–Trinajstić information content (AvgIpc) is 3.19. The van der Waals surface area contributed by atoms with Crippen LogP contribution in [0, 0.1) is 0 Å². The number of nitrogens with one attached hydrogen (secondary N) is 1. The van der Waals surface area contributed by atoms with Gasteiger partial charge in [-0.05, 0) is 62.6 Å². The van der Waals surface area contributed by atoms with Gasteiger partial charge in [0.2, 0.25) is 0 Å². The number of amides is 2. The maximum Gasteiger partial charge on any atom is 0.411 e. The highest BCUT2D eigenvalue weighted by Gasteiger charge is 2.30. The Bertz CT molecular complexity index is 891. The minimum Gasteiger partial charge on any atom is -0.449 e. The third-order valence-corrected chi connectivity index (χ3v) is 5.26. The standard InChI is InChI=1S/C24H29ClN2O4/c1-24(2,3)31-23(29)27-14-12-19(16-27)18-6-10-21(11-7-18)26-22(28)30-15-13-17-4-8-20(25)9-5-17/h4-11,19H,12-16H2,1-3H3,(H,26,28)/t19-/m0/s1. The van der Waals surface area contributed by atoms with E-state index < -0.39 is 11.7 Å². The number of ether oxygens (including phenoxy) is 2. The number of carbonyl (C=O) groups excluding carboxylic acids is 2. The molecule has 1 aliphatic rings. The molecule has 0 aromatic heterocycles. The SMILES string of the molecule is CC(C)(C)OC(=O)N1CC[C@H](c2ccc(NC(=O)OCCc3ccc(Cl)cc3)cc2)C1. The Balaban J connectivity index is 1.44. The van der Waals surface area contributed by atoms with E-state index in [1.54, 1.807) is 4.90 Å². The predicted molar refractivity (Wildman–Crippen MR) is 122 cm³/mol. The van der Waals surface area contributed by atoms with Gasteiger partial charge in [-0.25, -0.2) is 9.59 Å². The van der Waals surface area contributed by atoms with E-state index in [-0.39, 0.29) is 18.6 Å². The number of likely N-dealkylation sites (tertiary alicyclic amines) is 1. The Hall–Kier alpha value is -2.73. The van der Waals surface area contributed by atoms with Crippen molar-refractivity contribution < 1.29 is 19.1 Å². The topological polar surface area (TPSA) is 67.9 Å². The zero-order valence-electron chi connectivity index (χ0n) is 18.2. The minimum atomic E-state index is -0.494. The summed E-state index contributed by atoms with van der Waals surface area (Å²) in [7, 11) is 0. The highest BCUT2D eigenvalue weighted by molar-refractivity contribution is 6.30. The van der Waals surface area contributed by atoms with E-state index in [4.69, 9.17) is 21.1 Å². The van der Waals surface area contributed by atoms with Gasteiger partial charge in [0.05, 0.1) is 6.61 Å². The molecule has 0 spiro atoms. The molecule has 0 unspecified atom stereocenters. The second kappa shape index (κ2) is 10.1. The highest BCUT2D eigenvalue weighted by Crippen LogP contribution is 2.29. The van der Waals surface area contributed by atoms with E-state index in [0.717, 1.165) is 17.5 Å². The summed E-state index contributed by atoms with van der Waals surface area (Å²) < 4.78 is 10.7. The normalized spacial score (nSPS) is 16.1. The predicted octanol–water partition coefficient (Wildman–Crippen LogP) is 5.86. The van der Waals surface area contributed by atoms with E-state index in [0.29, 0.717) is 30.2 Å². The number of halogens is 1. The summed E-state index contributed by atoms with van der Waals surface area (Å²) in [4.78, 5) is 26.0. The van der Waals surface area contributed by atoms with Crippen molar-refractivity contribution >= 4 is 29.5 Å². The van der Waals surface area contributed by atoms with E-state index in [1.165, 1.54) is 0 Å². The van der Waals surface area contributed by atoms with Crippen LogP contribution in [0.25, 0.3) is 0 Å². The van der Waals surface area contributed by atoms with Crippen LogP contribution in [0.1, 0.15) is 44.2 Å². The maximum absolute atomic E-state index is 12.2. The fourth-order valence-corrected chi connectivity index (χ4v) is 3.56. The molecule has 7 heteroatoms. The lowest BCUT2D eigenvalue weighted by Crippen LogP contribution is -2.35. The molecule has 2 aromatic carbocycles. The molecule has 0 radical (unpaired) electrons. The first-order valence-corrected chi connectivity index (χ1v) is 10.8. The number of hydrogen-bond donors (Lipinski definition) is 1. The summed E-state index contributed by atoms with van der Waals surface area (Å²) in [5, 5.41) is 3.42. The molecule has 0 aliphatic carbocycles. The van der Waals surface area contributed by atoms with Crippen molar-refractivity contribution in [3.05, 3.63) is 64.7 Å². The molecule has 6 nitrogen and oxygen atoms in total. The molecule has 1 aliphatic heterocycles. The van der Waals surface area contributed by atoms with Gasteiger partial charge in [0, 0.05) is 36.1 Å². The molecule has 0 saturated carbocycles. The van der Waals surface area contributed by atoms with Gasteiger partial charge >= 0.3 is 12.2 Å². The molecular weight excluding hydrogens is 416 g/mol. The molecule has 1 fully saturated rings. The molecule has 1 saturated heterocycles. The van der Waals surface area contributed by atoms with Crippen molar-refractivity contribution in [1.29, 1.82) is 0 Å². The molecule has 166 valence electrons. The monoisotopic (exact) mass is 444 g/mol. The zero-order chi connectivity index (χ0) is 22.4. The van der Waals surface area contributed by atoms with Crippen LogP contribution in [0.4, 0.5) is 15.3 Å². The van der Waals surface area contributed by atoms with Crippen LogP contribution < -0.4 is 5.32 Å². The van der Waals surface area contributed by atoms with Crippen LogP contribution >= 0.6 is 11.6 Å². The highest BCUT2D eigenvalue weighted by atomic mass is 35.5. The third kappa shape index (κ3) is 7.17. The van der Waals surface area contributed by atoms with E-state index in [2.05, 4.69) is 5.32 Å². The van der Waals surface area contributed by atoms with Crippen LogP contribution in [-0.4, -0.2) is 42.4 Å². The number of nitrogens with zero attached hydrogens (tertiary/aromatic N) is 1. The molecule has 1 N–H and O–H groups in total. The maximum atomic E-state index is 12.2. The number of benzene rings is 2. The summed E-state index contributed by atoms with van der Waals surface area (Å²) in [6, 6.07) is 15.1. The Morgan fingerprint density at radius 2 is 1.77 bits per heavy atom. The van der Waals surface area contributed by atoms with Crippen LogP contribution in [0.3, 0.4) is 0 Å². The molecular formula is C24H29ClN2O4. The minimum absolute atomic E-state index is 0.257. The van der Waals surface area contributed by atoms with Gasteiger partial charge in [-0.1, -0.05) is 35.9 Å². The van der Waals surface area contributed by atoms with Gasteiger partial charge < -0.3 is 14.4 Å². The summed E-state index contributed by atoms with van der Waals surface area (Å²) in [6.07, 6.45) is 0.756. The van der Waals surface area contributed by atoms with Gasteiger partial charge in [-0.3, -0.25) is 5.32 Å². The Kier molecular flexibility index (Phi) is 7.44. The van der Waals surface area contributed by atoms with Gasteiger partial charge in [-0.15, -0.1) is 0 Å². The summed E-state index contributed by atoms with van der Waals surface area (Å²) in [5.74, 6) is 0.257. The lowest BCUT2D eigenvalue weighted by molar-refractivity contribution is 0.0292. The van der Waals surface area contributed by atoms with Crippen LogP contribution in [0.15, 0.2) is 48.5 Å². The Labute approximate surface area is 188 Å². The smallest absolute Gasteiger partial charge is 0.411 e. The summed E-state index contributed by atoms with van der Waals surface area (Å²) >= 11 is 5.86. The lowest BCUT2D eigenvalue weighted by Gasteiger charge is -2.24. The third-order valence-electron chi connectivity index (χ3n) is 5.01. The van der Waals surface area contributed by atoms with Gasteiger partial charge in [-0.2, -0.15) is 0 Å². The summed E-state index contributed by atoms with van der Waals surface area (Å²) in [6.45, 7) is 7.20.